The van der Waals surface area contributed by atoms with Gasteiger partial charge >= 0.3 is 0 Å². The Bertz CT molecular complexity index is 244. The third kappa shape index (κ3) is 4.67. The fourth-order valence-corrected chi connectivity index (χ4v) is 1.03. The average molecular weight is 192 g/mol. The molecule has 0 fully saturated rings. The maximum atomic E-state index is 5.48. The van der Waals surface area contributed by atoms with Crippen LogP contribution < -0.4 is 4.74 Å². The molecule has 0 spiro atoms. The van der Waals surface area contributed by atoms with E-state index in [0.717, 1.165) is 18.8 Å². The minimum Gasteiger partial charge on any atom is -0.494 e. The zero-order valence-electron chi connectivity index (χ0n) is 8.32. The standard InChI is InChI=1S/C12H16O2/c1-2-9-13-10-6-11-14-12-7-4-3-5-8-12/h2-5,7-8H,1,6,9-11H2. The first-order valence-corrected chi connectivity index (χ1v) is 4.80. The van der Waals surface area contributed by atoms with Gasteiger partial charge in [0.1, 0.15) is 5.75 Å². The van der Waals surface area contributed by atoms with Crippen molar-refractivity contribution < 1.29 is 9.47 Å². The van der Waals surface area contributed by atoms with Crippen molar-refractivity contribution in [1.29, 1.82) is 0 Å². The second kappa shape index (κ2) is 7.15. The number of para-hydroxylation sites is 1. The lowest BCUT2D eigenvalue weighted by molar-refractivity contribution is 0.143. The van der Waals surface area contributed by atoms with Crippen LogP contribution in [0.2, 0.25) is 0 Å². The molecule has 2 heteroatoms. The molecule has 2 nitrogen and oxygen atoms in total. The molecule has 0 aliphatic rings. The van der Waals surface area contributed by atoms with Gasteiger partial charge in [-0.25, -0.2) is 0 Å². The van der Waals surface area contributed by atoms with Gasteiger partial charge in [0, 0.05) is 6.42 Å². The van der Waals surface area contributed by atoms with Crippen LogP contribution in [0, 0.1) is 0 Å². The first-order chi connectivity index (χ1) is 6.93. The Morgan fingerprint density at radius 1 is 1.14 bits per heavy atom. The summed E-state index contributed by atoms with van der Waals surface area (Å²) in [5.41, 5.74) is 0. The van der Waals surface area contributed by atoms with E-state index in [-0.39, 0.29) is 0 Å². The topological polar surface area (TPSA) is 18.5 Å². The van der Waals surface area contributed by atoms with Crippen LogP contribution in [0.1, 0.15) is 6.42 Å². The van der Waals surface area contributed by atoms with Crippen LogP contribution in [0.4, 0.5) is 0 Å². The summed E-state index contributed by atoms with van der Waals surface area (Å²) in [6, 6.07) is 9.79. The van der Waals surface area contributed by atoms with E-state index in [0.29, 0.717) is 13.2 Å². The summed E-state index contributed by atoms with van der Waals surface area (Å²) >= 11 is 0. The van der Waals surface area contributed by atoms with Crippen LogP contribution in [0.15, 0.2) is 43.0 Å². The van der Waals surface area contributed by atoms with Crippen molar-refractivity contribution in [3.8, 4) is 5.75 Å². The van der Waals surface area contributed by atoms with E-state index in [1.165, 1.54) is 0 Å². The highest BCUT2D eigenvalue weighted by Gasteiger charge is 1.91. The smallest absolute Gasteiger partial charge is 0.119 e. The summed E-state index contributed by atoms with van der Waals surface area (Å²) in [5, 5.41) is 0. The Morgan fingerprint density at radius 3 is 2.64 bits per heavy atom. The highest BCUT2D eigenvalue weighted by molar-refractivity contribution is 5.20. The molecule has 0 aromatic heterocycles. The van der Waals surface area contributed by atoms with Gasteiger partial charge in [0.05, 0.1) is 19.8 Å². The number of hydrogen-bond acceptors (Lipinski definition) is 2. The molecule has 0 amide bonds. The number of rotatable bonds is 7. The summed E-state index contributed by atoms with van der Waals surface area (Å²) in [6.45, 7) is 5.60. The molecule has 0 atom stereocenters. The van der Waals surface area contributed by atoms with E-state index in [9.17, 15) is 0 Å². The summed E-state index contributed by atoms with van der Waals surface area (Å²) in [5.74, 6) is 0.913. The van der Waals surface area contributed by atoms with Gasteiger partial charge in [0.15, 0.2) is 0 Å². The van der Waals surface area contributed by atoms with Gasteiger partial charge < -0.3 is 9.47 Å². The Labute approximate surface area is 85.2 Å². The monoisotopic (exact) mass is 192 g/mol. The summed E-state index contributed by atoms with van der Waals surface area (Å²) in [7, 11) is 0. The summed E-state index contributed by atoms with van der Waals surface area (Å²) in [6.07, 6.45) is 2.65. The predicted molar refractivity (Wildman–Crippen MR) is 57.6 cm³/mol. The molecule has 0 aliphatic heterocycles. The van der Waals surface area contributed by atoms with Gasteiger partial charge in [0.25, 0.3) is 0 Å². The molecule has 0 saturated carbocycles. The molecule has 1 rings (SSSR count). The van der Waals surface area contributed by atoms with Crippen LogP contribution in [0.5, 0.6) is 5.75 Å². The maximum Gasteiger partial charge on any atom is 0.119 e. The van der Waals surface area contributed by atoms with Crippen LogP contribution in [0.25, 0.3) is 0 Å². The van der Waals surface area contributed by atoms with Crippen molar-refractivity contribution in [2.24, 2.45) is 0 Å². The minimum atomic E-state index is 0.616. The molecule has 0 radical (unpaired) electrons. The lowest BCUT2D eigenvalue weighted by Crippen LogP contribution is -2.02. The highest BCUT2D eigenvalue weighted by atomic mass is 16.5. The molecule has 0 heterocycles. The first kappa shape index (κ1) is 10.8. The third-order valence-electron chi connectivity index (χ3n) is 1.68. The molecule has 0 aliphatic carbocycles. The molecule has 0 N–H and O–H groups in total. The van der Waals surface area contributed by atoms with Crippen molar-refractivity contribution in [1.82, 2.24) is 0 Å². The molecule has 1 aromatic carbocycles. The molecule has 1 aromatic rings. The lowest BCUT2D eigenvalue weighted by atomic mass is 10.3. The molecule has 0 bridgehead atoms. The number of benzene rings is 1. The zero-order valence-corrected chi connectivity index (χ0v) is 8.32. The molecule has 76 valence electrons. The molecular weight excluding hydrogens is 176 g/mol. The fraction of sp³-hybridized carbons (Fsp3) is 0.333. The molecular formula is C12H16O2. The van der Waals surface area contributed by atoms with Crippen molar-refractivity contribution >= 4 is 0 Å². The van der Waals surface area contributed by atoms with Crippen LogP contribution in [-0.4, -0.2) is 19.8 Å². The van der Waals surface area contributed by atoms with Gasteiger partial charge in [-0.1, -0.05) is 24.3 Å². The van der Waals surface area contributed by atoms with Crippen LogP contribution in [0.3, 0.4) is 0 Å². The van der Waals surface area contributed by atoms with Crippen molar-refractivity contribution in [2.45, 2.75) is 6.42 Å². The fourth-order valence-electron chi connectivity index (χ4n) is 1.03. The van der Waals surface area contributed by atoms with E-state index in [4.69, 9.17) is 9.47 Å². The normalized spacial score (nSPS) is 9.71. The van der Waals surface area contributed by atoms with Crippen molar-refractivity contribution in [3.05, 3.63) is 43.0 Å². The zero-order chi connectivity index (χ0) is 10.1. The van der Waals surface area contributed by atoms with Gasteiger partial charge in [0.2, 0.25) is 0 Å². The highest BCUT2D eigenvalue weighted by Crippen LogP contribution is 2.08. The first-order valence-electron chi connectivity index (χ1n) is 4.80. The summed E-state index contributed by atoms with van der Waals surface area (Å²) in [4.78, 5) is 0. The number of ether oxygens (including phenoxy) is 2. The van der Waals surface area contributed by atoms with Gasteiger partial charge in [-0.15, -0.1) is 6.58 Å². The Hall–Kier alpha value is -1.28. The van der Waals surface area contributed by atoms with E-state index >= 15 is 0 Å². The molecule has 0 unspecified atom stereocenters. The molecule has 0 saturated heterocycles. The minimum absolute atomic E-state index is 0.616. The second-order valence-corrected chi connectivity index (χ2v) is 2.88. The quantitative estimate of drug-likeness (QED) is 0.488. The Balaban J connectivity index is 2.02. The van der Waals surface area contributed by atoms with E-state index < -0.39 is 0 Å². The number of hydrogen-bond donors (Lipinski definition) is 0. The second-order valence-electron chi connectivity index (χ2n) is 2.88. The van der Waals surface area contributed by atoms with Gasteiger partial charge in [-0.2, -0.15) is 0 Å². The summed E-state index contributed by atoms with van der Waals surface area (Å²) < 4.78 is 10.7. The van der Waals surface area contributed by atoms with Gasteiger partial charge in [-0.3, -0.25) is 0 Å². The van der Waals surface area contributed by atoms with E-state index in [1.54, 1.807) is 6.08 Å². The lowest BCUT2D eigenvalue weighted by Gasteiger charge is -2.05. The van der Waals surface area contributed by atoms with Crippen molar-refractivity contribution in [2.75, 3.05) is 19.8 Å². The maximum absolute atomic E-state index is 5.48. The molecule has 14 heavy (non-hydrogen) atoms. The van der Waals surface area contributed by atoms with Crippen LogP contribution >= 0.6 is 0 Å². The van der Waals surface area contributed by atoms with Crippen molar-refractivity contribution in [3.63, 3.8) is 0 Å². The van der Waals surface area contributed by atoms with Gasteiger partial charge in [-0.05, 0) is 12.1 Å². The Morgan fingerprint density at radius 2 is 1.93 bits per heavy atom. The Kier molecular flexibility index (Phi) is 5.52. The average Bonchev–Trinajstić information content (AvgIpc) is 2.25. The predicted octanol–water partition coefficient (Wildman–Crippen LogP) is 2.66. The third-order valence-corrected chi connectivity index (χ3v) is 1.68. The SMILES string of the molecule is C=CCOCCCOc1ccccc1. The largest absolute Gasteiger partial charge is 0.494 e. The van der Waals surface area contributed by atoms with Crippen LogP contribution in [-0.2, 0) is 4.74 Å². The van der Waals surface area contributed by atoms with E-state index in [2.05, 4.69) is 6.58 Å². The van der Waals surface area contributed by atoms with E-state index in [1.807, 2.05) is 30.3 Å².